The van der Waals surface area contributed by atoms with Crippen LogP contribution in [0.15, 0.2) is 53.7 Å². The van der Waals surface area contributed by atoms with Gasteiger partial charge in [0, 0.05) is 13.0 Å². The number of oxime groups is 1. The number of anilines is 1. The number of aryl methyl sites for hydroxylation is 1. The molecule has 27 heavy (non-hydrogen) atoms. The van der Waals surface area contributed by atoms with Crippen molar-refractivity contribution in [2.45, 2.75) is 32.4 Å². The van der Waals surface area contributed by atoms with Crippen molar-refractivity contribution in [1.82, 2.24) is 9.55 Å². The summed E-state index contributed by atoms with van der Waals surface area (Å²) in [4.78, 5) is 22.5. The monoisotopic (exact) mass is 366 g/mol. The van der Waals surface area contributed by atoms with Gasteiger partial charge in [0.15, 0.2) is 0 Å². The number of carbonyl (C=O) groups is 1. The van der Waals surface area contributed by atoms with E-state index in [-0.39, 0.29) is 11.7 Å². The number of carbonyl (C=O) groups excluding carboxylic acids is 1. The second-order valence-corrected chi connectivity index (χ2v) is 6.41. The fourth-order valence-electron chi connectivity index (χ4n) is 3.14. The molecule has 1 aliphatic heterocycles. The number of aromatic nitrogens is 2. The zero-order valence-electron chi connectivity index (χ0n) is 14.9. The lowest BCUT2D eigenvalue weighted by Crippen LogP contribution is -2.29. The predicted octanol–water partition coefficient (Wildman–Crippen LogP) is 3.72. The topological polar surface area (TPSA) is 68.5 Å². The van der Waals surface area contributed by atoms with Gasteiger partial charge in [-0.25, -0.2) is 9.37 Å². The van der Waals surface area contributed by atoms with Crippen molar-refractivity contribution in [2.75, 3.05) is 5.32 Å². The van der Waals surface area contributed by atoms with Crippen LogP contribution in [0.4, 0.5) is 10.3 Å². The highest BCUT2D eigenvalue weighted by atomic mass is 19.1. The highest BCUT2D eigenvalue weighted by Gasteiger charge is 2.30. The van der Waals surface area contributed by atoms with Crippen molar-refractivity contribution in [2.24, 2.45) is 5.16 Å². The Hall–Kier alpha value is -3.22. The van der Waals surface area contributed by atoms with E-state index in [1.807, 2.05) is 28.8 Å². The quantitative estimate of drug-likeness (QED) is 0.748. The zero-order chi connectivity index (χ0) is 18.8. The number of fused-ring (bicyclic) bond motifs is 1. The van der Waals surface area contributed by atoms with E-state index in [9.17, 15) is 9.18 Å². The third kappa shape index (κ3) is 3.40. The number of hydrogen-bond donors (Lipinski definition) is 1. The zero-order valence-corrected chi connectivity index (χ0v) is 14.9. The summed E-state index contributed by atoms with van der Waals surface area (Å²) in [6.45, 7) is 2.82. The Morgan fingerprint density at radius 1 is 1.26 bits per heavy atom. The fraction of sp³-hybridized carbons (Fsp3) is 0.250. The Kier molecular flexibility index (Phi) is 4.58. The van der Waals surface area contributed by atoms with Gasteiger partial charge in [-0.3, -0.25) is 10.1 Å². The number of halogens is 1. The summed E-state index contributed by atoms with van der Waals surface area (Å²) in [6, 6.07) is 13.7. The second kappa shape index (κ2) is 7.19. The number of rotatable bonds is 5. The van der Waals surface area contributed by atoms with Crippen LogP contribution < -0.4 is 5.32 Å². The number of nitrogens with one attached hydrogen (secondary N) is 1. The average Bonchev–Trinajstić information content (AvgIpc) is 3.29. The Morgan fingerprint density at radius 2 is 2.04 bits per heavy atom. The summed E-state index contributed by atoms with van der Waals surface area (Å²) in [5.41, 5.74) is 3.17. The second-order valence-electron chi connectivity index (χ2n) is 6.41. The lowest BCUT2D eigenvalue weighted by Gasteiger charge is -2.11. The Balaban J connectivity index is 1.49. The molecule has 138 valence electrons. The molecule has 1 aromatic heterocycles. The van der Waals surface area contributed by atoms with Gasteiger partial charge in [0.2, 0.25) is 12.1 Å². The molecule has 1 N–H and O–H groups in total. The fourth-order valence-corrected chi connectivity index (χ4v) is 3.14. The van der Waals surface area contributed by atoms with E-state index in [2.05, 4.69) is 22.4 Å². The molecule has 2 heterocycles. The molecule has 4 rings (SSSR count). The van der Waals surface area contributed by atoms with Crippen molar-refractivity contribution in [1.29, 1.82) is 0 Å². The molecule has 1 atom stereocenters. The summed E-state index contributed by atoms with van der Waals surface area (Å²) < 4.78 is 15.1. The smallest absolute Gasteiger partial charge is 0.271 e. The van der Waals surface area contributed by atoms with Crippen molar-refractivity contribution < 1.29 is 14.0 Å². The largest absolute Gasteiger partial charge is 0.382 e. The van der Waals surface area contributed by atoms with Gasteiger partial charge >= 0.3 is 0 Å². The average molecular weight is 366 g/mol. The SMILES string of the molecule is CCCn1c(NC(=O)C2CC(c3ccc(F)cc3)=NO2)nc2ccccc21. The van der Waals surface area contributed by atoms with Gasteiger partial charge in [-0.1, -0.05) is 36.3 Å². The van der Waals surface area contributed by atoms with E-state index >= 15 is 0 Å². The number of nitrogens with zero attached hydrogens (tertiary/aromatic N) is 3. The minimum atomic E-state index is -0.736. The Labute approximate surface area is 155 Å². The number of amides is 1. The van der Waals surface area contributed by atoms with Crippen molar-refractivity contribution in [3.8, 4) is 0 Å². The third-order valence-corrected chi connectivity index (χ3v) is 4.48. The van der Waals surface area contributed by atoms with Gasteiger partial charge in [0.05, 0.1) is 16.7 Å². The van der Waals surface area contributed by atoms with Crippen LogP contribution in [0.25, 0.3) is 11.0 Å². The predicted molar refractivity (Wildman–Crippen MR) is 101 cm³/mol. The maximum atomic E-state index is 13.1. The van der Waals surface area contributed by atoms with E-state index in [0.717, 1.165) is 29.6 Å². The van der Waals surface area contributed by atoms with Crippen LogP contribution in [0, 0.1) is 5.82 Å². The minimum absolute atomic E-state index is 0.302. The molecule has 2 aromatic carbocycles. The van der Waals surface area contributed by atoms with Crippen molar-refractivity contribution in [3.05, 3.63) is 59.9 Å². The number of benzene rings is 2. The van der Waals surface area contributed by atoms with Crippen LogP contribution in [0.1, 0.15) is 25.3 Å². The molecule has 6 nitrogen and oxygen atoms in total. The molecule has 0 radical (unpaired) electrons. The van der Waals surface area contributed by atoms with E-state index in [1.165, 1.54) is 12.1 Å². The third-order valence-electron chi connectivity index (χ3n) is 4.48. The Bertz CT molecular complexity index is 1010. The summed E-state index contributed by atoms with van der Waals surface area (Å²) in [5.74, 6) is -0.118. The van der Waals surface area contributed by atoms with Crippen molar-refractivity contribution >= 4 is 28.6 Å². The van der Waals surface area contributed by atoms with E-state index in [0.29, 0.717) is 18.1 Å². The molecule has 0 bridgehead atoms. The van der Waals surface area contributed by atoms with Crippen LogP contribution in [0.2, 0.25) is 0 Å². The van der Waals surface area contributed by atoms with E-state index in [1.54, 1.807) is 12.1 Å². The maximum Gasteiger partial charge on any atom is 0.271 e. The first kappa shape index (κ1) is 17.2. The molecule has 0 saturated heterocycles. The lowest BCUT2D eigenvalue weighted by molar-refractivity contribution is -0.125. The molecule has 1 unspecified atom stereocenters. The van der Waals surface area contributed by atoms with Gasteiger partial charge < -0.3 is 9.40 Å². The first-order valence-electron chi connectivity index (χ1n) is 8.90. The van der Waals surface area contributed by atoms with Crippen LogP contribution >= 0.6 is 0 Å². The Morgan fingerprint density at radius 3 is 2.81 bits per heavy atom. The van der Waals surface area contributed by atoms with Gasteiger partial charge in [-0.2, -0.15) is 0 Å². The molecule has 1 amide bonds. The van der Waals surface area contributed by atoms with Gasteiger partial charge in [0.1, 0.15) is 5.82 Å². The molecular weight excluding hydrogens is 347 g/mol. The maximum absolute atomic E-state index is 13.1. The highest BCUT2D eigenvalue weighted by Crippen LogP contribution is 2.22. The molecule has 0 spiro atoms. The van der Waals surface area contributed by atoms with Crippen LogP contribution in [0.3, 0.4) is 0 Å². The van der Waals surface area contributed by atoms with Crippen molar-refractivity contribution in [3.63, 3.8) is 0 Å². The number of hydrogen-bond acceptors (Lipinski definition) is 4. The molecule has 7 heteroatoms. The highest BCUT2D eigenvalue weighted by molar-refractivity contribution is 6.06. The molecule has 1 aliphatic rings. The summed E-state index contributed by atoms with van der Waals surface area (Å²) >= 11 is 0. The lowest BCUT2D eigenvalue weighted by atomic mass is 10.0. The van der Waals surface area contributed by atoms with Gasteiger partial charge in [0.25, 0.3) is 5.91 Å². The summed E-state index contributed by atoms with van der Waals surface area (Å²) in [5, 5.41) is 6.85. The van der Waals surface area contributed by atoms with Gasteiger partial charge in [-0.05, 0) is 36.2 Å². The summed E-state index contributed by atoms with van der Waals surface area (Å²) in [7, 11) is 0. The van der Waals surface area contributed by atoms with Crippen LogP contribution in [-0.4, -0.2) is 27.3 Å². The van der Waals surface area contributed by atoms with Gasteiger partial charge in [-0.15, -0.1) is 0 Å². The molecule has 0 fully saturated rings. The first-order chi connectivity index (χ1) is 13.2. The van der Waals surface area contributed by atoms with Crippen LogP contribution in [0.5, 0.6) is 0 Å². The standard InChI is InChI=1S/C20H19FN4O2/c1-2-11-25-17-6-4-3-5-15(17)22-20(25)23-19(26)18-12-16(24-27-18)13-7-9-14(21)10-8-13/h3-10,18H,2,11-12H2,1H3,(H,22,23,26). The van der Waals surface area contributed by atoms with E-state index in [4.69, 9.17) is 4.84 Å². The number of imidazole rings is 1. The normalized spacial score (nSPS) is 16.2. The molecular formula is C20H19FN4O2. The molecule has 3 aromatic rings. The van der Waals surface area contributed by atoms with E-state index < -0.39 is 6.10 Å². The van der Waals surface area contributed by atoms with Crippen LogP contribution in [-0.2, 0) is 16.2 Å². The minimum Gasteiger partial charge on any atom is -0.382 e. The molecule has 0 saturated carbocycles. The number of para-hydroxylation sites is 2. The summed E-state index contributed by atoms with van der Waals surface area (Å²) in [6.07, 6.45) is 0.506. The first-order valence-corrected chi connectivity index (χ1v) is 8.90. The molecule has 0 aliphatic carbocycles.